The Hall–Kier alpha value is -4.08. The number of carbonyl (C=O) groups excluding carboxylic acids is 2. The number of carbonyl (C=O) groups is 2. The van der Waals surface area contributed by atoms with E-state index in [2.05, 4.69) is 10.1 Å². The van der Waals surface area contributed by atoms with Gasteiger partial charge in [0.1, 0.15) is 5.69 Å². The van der Waals surface area contributed by atoms with E-state index in [-0.39, 0.29) is 23.8 Å². The average molecular weight is 482 g/mol. The molecular formula is C25H24F2N4O4. The molecule has 0 radical (unpaired) electrons. The number of likely N-dealkylation sites (N-methyl/N-ethyl adjacent to an activating group) is 1. The highest BCUT2D eigenvalue weighted by atomic mass is 19.2. The molecule has 0 aliphatic carbocycles. The Morgan fingerprint density at radius 1 is 1.17 bits per heavy atom. The summed E-state index contributed by atoms with van der Waals surface area (Å²) in [5, 5.41) is 4.85. The molecule has 1 aromatic carbocycles. The summed E-state index contributed by atoms with van der Waals surface area (Å²) in [6, 6.07) is 6.65. The number of pyridine rings is 1. The molecule has 0 saturated carbocycles. The lowest BCUT2D eigenvalue weighted by Crippen LogP contribution is -2.37. The van der Waals surface area contributed by atoms with Gasteiger partial charge in [-0.1, -0.05) is 6.07 Å². The number of furan rings is 1. The average Bonchev–Trinajstić information content (AvgIpc) is 3.50. The van der Waals surface area contributed by atoms with Crippen molar-refractivity contribution >= 4 is 22.9 Å². The van der Waals surface area contributed by atoms with Crippen molar-refractivity contribution in [2.45, 2.75) is 32.9 Å². The summed E-state index contributed by atoms with van der Waals surface area (Å²) >= 11 is 0. The molecular weight excluding hydrogens is 458 g/mol. The molecule has 4 rings (SSSR count). The summed E-state index contributed by atoms with van der Waals surface area (Å²) in [5.41, 5.74) is 1.16. The van der Waals surface area contributed by atoms with Crippen LogP contribution in [0.25, 0.3) is 22.5 Å². The van der Waals surface area contributed by atoms with E-state index in [0.717, 1.165) is 17.0 Å². The molecule has 4 aromatic rings. The highest BCUT2D eigenvalue weighted by Crippen LogP contribution is 2.30. The van der Waals surface area contributed by atoms with Crippen LogP contribution in [0.5, 0.6) is 0 Å². The van der Waals surface area contributed by atoms with Gasteiger partial charge in [-0.05, 0) is 56.7 Å². The predicted molar refractivity (Wildman–Crippen MR) is 123 cm³/mol. The summed E-state index contributed by atoms with van der Waals surface area (Å²) < 4.78 is 39.9. The SMILES string of the molecule is CCOC(=O)[C@H](c1ccc(F)c(F)c1)N(C)C(=O)c1cc(-c2ccco2)nc2c1cnn2C(C)C. The second-order valence-corrected chi connectivity index (χ2v) is 8.20. The van der Waals surface area contributed by atoms with E-state index in [1.54, 1.807) is 29.8 Å². The zero-order chi connectivity index (χ0) is 25.3. The van der Waals surface area contributed by atoms with Gasteiger partial charge in [0.15, 0.2) is 29.1 Å². The molecule has 182 valence electrons. The number of rotatable bonds is 7. The van der Waals surface area contributed by atoms with Gasteiger partial charge in [-0.2, -0.15) is 5.10 Å². The fourth-order valence-electron chi connectivity index (χ4n) is 3.85. The molecule has 35 heavy (non-hydrogen) atoms. The zero-order valence-electron chi connectivity index (χ0n) is 19.7. The molecule has 0 aliphatic heterocycles. The molecule has 3 aromatic heterocycles. The van der Waals surface area contributed by atoms with Crippen molar-refractivity contribution in [3.05, 3.63) is 71.6 Å². The lowest BCUT2D eigenvalue weighted by atomic mass is 10.0. The van der Waals surface area contributed by atoms with Crippen LogP contribution >= 0.6 is 0 Å². The van der Waals surface area contributed by atoms with Gasteiger partial charge in [0, 0.05) is 13.1 Å². The number of ether oxygens (including phenoxy) is 1. The van der Waals surface area contributed by atoms with Gasteiger partial charge < -0.3 is 14.1 Å². The van der Waals surface area contributed by atoms with Crippen molar-refractivity contribution in [1.29, 1.82) is 0 Å². The Morgan fingerprint density at radius 3 is 2.57 bits per heavy atom. The van der Waals surface area contributed by atoms with E-state index < -0.39 is 29.6 Å². The van der Waals surface area contributed by atoms with Crippen LogP contribution in [0.2, 0.25) is 0 Å². The molecule has 0 spiro atoms. The Bertz CT molecular complexity index is 1380. The minimum absolute atomic E-state index is 0.0398. The van der Waals surface area contributed by atoms with Crippen LogP contribution in [0.15, 0.2) is 53.3 Å². The van der Waals surface area contributed by atoms with Crippen molar-refractivity contribution < 1.29 is 27.5 Å². The summed E-state index contributed by atoms with van der Waals surface area (Å²) in [7, 11) is 1.40. The number of halogens is 2. The zero-order valence-corrected chi connectivity index (χ0v) is 19.7. The first kappa shape index (κ1) is 24.1. The van der Waals surface area contributed by atoms with Crippen molar-refractivity contribution in [2.75, 3.05) is 13.7 Å². The third-order valence-electron chi connectivity index (χ3n) is 5.54. The van der Waals surface area contributed by atoms with Gasteiger partial charge in [0.05, 0.1) is 30.0 Å². The van der Waals surface area contributed by atoms with Crippen LogP contribution in [-0.4, -0.2) is 45.2 Å². The number of esters is 1. The second kappa shape index (κ2) is 9.65. The number of hydrogen-bond donors (Lipinski definition) is 0. The molecule has 1 amide bonds. The van der Waals surface area contributed by atoms with Crippen molar-refractivity contribution in [1.82, 2.24) is 19.7 Å². The Labute approximate surface area is 200 Å². The van der Waals surface area contributed by atoms with Gasteiger partial charge in [-0.3, -0.25) is 4.79 Å². The lowest BCUT2D eigenvalue weighted by Gasteiger charge is -2.27. The lowest BCUT2D eigenvalue weighted by molar-refractivity contribution is -0.148. The molecule has 10 heteroatoms. The normalized spacial score (nSPS) is 12.2. The largest absolute Gasteiger partial charge is 0.464 e. The molecule has 0 N–H and O–H groups in total. The first-order chi connectivity index (χ1) is 16.7. The van der Waals surface area contributed by atoms with Crippen LogP contribution in [0, 0.1) is 11.6 Å². The van der Waals surface area contributed by atoms with Crippen LogP contribution in [0.1, 0.15) is 48.8 Å². The third kappa shape index (κ3) is 4.51. The summed E-state index contributed by atoms with van der Waals surface area (Å²) in [6.45, 7) is 5.52. The Kier molecular flexibility index (Phi) is 6.63. The van der Waals surface area contributed by atoms with E-state index in [9.17, 15) is 18.4 Å². The van der Waals surface area contributed by atoms with Crippen LogP contribution in [-0.2, 0) is 9.53 Å². The first-order valence-corrected chi connectivity index (χ1v) is 11.0. The van der Waals surface area contributed by atoms with E-state index in [4.69, 9.17) is 9.15 Å². The van der Waals surface area contributed by atoms with Gasteiger partial charge in [0.25, 0.3) is 5.91 Å². The van der Waals surface area contributed by atoms with Crippen molar-refractivity contribution in [3.8, 4) is 11.5 Å². The topological polar surface area (TPSA) is 90.5 Å². The fraction of sp³-hybridized carbons (Fsp3) is 0.280. The smallest absolute Gasteiger partial charge is 0.333 e. The molecule has 8 nitrogen and oxygen atoms in total. The molecule has 0 bridgehead atoms. The number of amides is 1. The molecule has 0 unspecified atom stereocenters. The molecule has 3 heterocycles. The van der Waals surface area contributed by atoms with E-state index >= 15 is 0 Å². The first-order valence-electron chi connectivity index (χ1n) is 11.0. The summed E-state index contributed by atoms with van der Waals surface area (Å²) in [6.07, 6.45) is 3.03. The maximum atomic E-state index is 14.0. The molecule has 1 atom stereocenters. The minimum atomic E-state index is -1.31. The molecule has 0 saturated heterocycles. The third-order valence-corrected chi connectivity index (χ3v) is 5.54. The summed E-state index contributed by atoms with van der Waals surface area (Å²) in [5.74, 6) is -3.09. The summed E-state index contributed by atoms with van der Waals surface area (Å²) in [4.78, 5) is 32.4. The second-order valence-electron chi connectivity index (χ2n) is 8.20. The Morgan fingerprint density at radius 2 is 1.94 bits per heavy atom. The maximum absolute atomic E-state index is 14.0. The van der Waals surface area contributed by atoms with Gasteiger partial charge in [-0.25, -0.2) is 23.2 Å². The van der Waals surface area contributed by atoms with E-state index in [1.165, 1.54) is 25.6 Å². The van der Waals surface area contributed by atoms with Crippen LogP contribution < -0.4 is 0 Å². The number of aromatic nitrogens is 3. The number of benzene rings is 1. The Balaban J connectivity index is 1.85. The minimum Gasteiger partial charge on any atom is -0.464 e. The maximum Gasteiger partial charge on any atom is 0.333 e. The van der Waals surface area contributed by atoms with E-state index in [0.29, 0.717) is 22.5 Å². The van der Waals surface area contributed by atoms with Crippen molar-refractivity contribution in [3.63, 3.8) is 0 Å². The molecule has 0 fully saturated rings. The van der Waals surface area contributed by atoms with Crippen LogP contribution in [0.4, 0.5) is 8.78 Å². The number of hydrogen-bond acceptors (Lipinski definition) is 6. The fourth-order valence-corrected chi connectivity index (χ4v) is 3.85. The van der Waals surface area contributed by atoms with E-state index in [1.807, 2.05) is 13.8 Å². The van der Waals surface area contributed by atoms with Crippen molar-refractivity contribution in [2.24, 2.45) is 0 Å². The highest BCUT2D eigenvalue weighted by Gasteiger charge is 2.33. The van der Waals surface area contributed by atoms with Gasteiger partial charge in [-0.15, -0.1) is 0 Å². The number of nitrogens with zero attached hydrogens (tertiary/aromatic N) is 4. The van der Waals surface area contributed by atoms with Crippen LogP contribution in [0.3, 0.4) is 0 Å². The number of fused-ring (bicyclic) bond motifs is 1. The molecule has 0 aliphatic rings. The van der Waals surface area contributed by atoms with Gasteiger partial charge >= 0.3 is 5.97 Å². The monoisotopic (exact) mass is 482 g/mol. The quantitative estimate of drug-likeness (QED) is 0.347. The standard InChI is InChI=1S/C25H24F2N4O4/c1-5-34-25(33)22(15-8-9-18(26)19(27)11-15)30(4)24(32)16-12-20(21-7-6-10-35-21)29-23-17(16)13-28-31(23)14(2)3/h6-14,22H,5H2,1-4H3/t22-/m0/s1. The van der Waals surface area contributed by atoms with Gasteiger partial charge in [0.2, 0.25) is 0 Å². The highest BCUT2D eigenvalue weighted by molar-refractivity contribution is 6.07. The predicted octanol–water partition coefficient (Wildman–Crippen LogP) is 4.93.